The average Bonchev–Trinajstić information content (AvgIpc) is 3.14. The number of aromatic nitrogens is 2. The summed E-state index contributed by atoms with van der Waals surface area (Å²) in [6.45, 7) is 3.89. The first-order chi connectivity index (χ1) is 12.7. The third-order valence-electron chi connectivity index (χ3n) is 4.14. The average molecular weight is 369 g/mol. The van der Waals surface area contributed by atoms with Crippen LogP contribution in [0.15, 0.2) is 66.0 Å². The normalized spacial score (nSPS) is 10.8. The molecule has 0 unspecified atom stereocenters. The van der Waals surface area contributed by atoms with E-state index in [4.69, 9.17) is 0 Å². The zero-order valence-electron chi connectivity index (χ0n) is 15.0. The number of amides is 1. The Kier molecular flexibility index (Phi) is 6.55. The van der Waals surface area contributed by atoms with Crippen LogP contribution in [0.2, 0.25) is 0 Å². The molecule has 136 valence electrons. The number of rotatable bonds is 9. The fourth-order valence-corrected chi connectivity index (χ4v) is 3.74. The van der Waals surface area contributed by atoms with Gasteiger partial charge in [-0.25, -0.2) is 4.98 Å². The van der Waals surface area contributed by atoms with Crippen LogP contribution in [0.3, 0.4) is 0 Å². The van der Waals surface area contributed by atoms with Gasteiger partial charge >= 0.3 is 0 Å². The number of nitrogens with zero attached hydrogens (tertiary/aromatic N) is 3. The van der Waals surface area contributed by atoms with Crippen molar-refractivity contribution in [1.82, 2.24) is 14.3 Å². The topological polar surface area (TPSA) is 49.6 Å². The summed E-state index contributed by atoms with van der Waals surface area (Å²) in [6, 6.07) is 16.2. The molecule has 2 heterocycles. The van der Waals surface area contributed by atoms with E-state index in [1.54, 1.807) is 18.7 Å². The summed E-state index contributed by atoms with van der Waals surface area (Å²) >= 11 is 1.80. The predicted octanol–water partition coefficient (Wildman–Crippen LogP) is 3.78. The van der Waals surface area contributed by atoms with Crippen LogP contribution >= 0.6 is 11.8 Å². The van der Waals surface area contributed by atoms with E-state index < -0.39 is 0 Å². The summed E-state index contributed by atoms with van der Waals surface area (Å²) in [5.74, 6) is 1.09. The number of hydrogen-bond donors (Lipinski definition) is 1. The van der Waals surface area contributed by atoms with Gasteiger partial charge in [-0.3, -0.25) is 9.20 Å². The Bertz CT molecular complexity index is 834. The molecule has 5 nitrogen and oxygen atoms in total. The van der Waals surface area contributed by atoms with Crippen molar-refractivity contribution < 1.29 is 4.79 Å². The van der Waals surface area contributed by atoms with E-state index >= 15 is 0 Å². The van der Waals surface area contributed by atoms with E-state index in [1.807, 2.05) is 59.8 Å². The van der Waals surface area contributed by atoms with Crippen LogP contribution in [-0.2, 0) is 4.79 Å². The lowest BCUT2D eigenvalue weighted by atomic mass is 10.3. The van der Waals surface area contributed by atoms with Crippen LogP contribution in [0, 0.1) is 0 Å². The number of nitrogens with one attached hydrogen (secondary N) is 1. The van der Waals surface area contributed by atoms with E-state index in [-0.39, 0.29) is 5.91 Å². The maximum absolute atomic E-state index is 11.9. The zero-order valence-corrected chi connectivity index (χ0v) is 15.8. The second-order valence-electron chi connectivity index (χ2n) is 6.02. The Hall–Kier alpha value is -2.47. The lowest BCUT2D eigenvalue weighted by Gasteiger charge is -2.21. The van der Waals surface area contributed by atoms with Crippen molar-refractivity contribution >= 4 is 29.0 Å². The van der Waals surface area contributed by atoms with Gasteiger partial charge in [0.15, 0.2) is 0 Å². The lowest BCUT2D eigenvalue weighted by Crippen LogP contribution is -2.34. The largest absolute Gasteiger partial charge is 0.383 e. The molecule has 0 aliphatic rings. The Morgan fingerprint density at radius 2 is 2.00 bits per heavy atom. The highest BCUT2D eigenvalue weighted by Gasteiger charge is 2.08. The van der Waals surface area contributed by atoms with Gasteiger partial charge in [0.1, 0.15) is 5.65 Å². The molecule has 0 spiro atoms. The summed E-state index contributed by atoms with van der Waals surface area (Å²) in [6.07, 6.45) is 4.76. The number of carbonyl (C=O) groups excluding carboxylic acids is 1. The minimum absolute atomic E-state index is 0.126. The molecule has 0 aliphatic heterocycles. The van der Waals surface area contributed by atoms with E-state index in [2.05, 4.69) is 20.8 Å². The minimum atomic E-state index is 0.126. The number of hydrogen-bond acceptors (Lipinski definition) is 4. The van der Waals surface area contributed by atoms with Crippen LogP contribution in [0.5, 0.6) is 0 Å². The Morgan fingerprint density at radius 1 is 1.15 bits per heavy atom. The third kappa shape index (κ3) is 5.02. The number of para-hydroxylation sites is 1. The monoisotopic (exact) mass is 368 g/mol. The highest BCUT2D eigenvalue weighted by molar-refractivity contribution is 7.99. The number of benzene rings is 1. The smallest absolute Gasteiger partial charge is 0.219 e. The first-order valence-corrected chi connectivity index (χ1v) is 9.82. The van der Waals surface area contributed by atoms with Crippen molar-refractivity contribution in [3.63, 3.8) is 0 Å². The van der Waals surface area contributed by atoms with Gasteiger partial charge in [0.05, 0.1) is 5.03 Å². The summed E-state index contributed by atoms with van der Waals surface area (Å²) in [5.41, 5.74) is 2.05. The Balaban J connectivity index is 1.42. The number of fused-ring (bicyclic) bond motifs is 1. The third-order valence-corrected chi connectivity index (χ3v) is 5.26. The molecule has 6 heteroatoms. The summed E-state index contributed by atoms with van der Waals surface area (Å²) < 4.78 is 2.09. The van der Waals surface area contributed by atoms with Gasteiger partial charge in [-0.1, -0.05) is 24.3 Å². The van der Waals surface area contributed by atoms with Crippen molar-refractivity contribution in [1.29, 1.82) is 0 Å². The van der Waals surface area contributed by atoms with Crippen molar-refractivity contribution in [3.05, 3.63) is 60.9 Å². The van der Waals surface area contributed by atoms with Gasteiger partial charge in [-0.2, -0.15) is 0 Å². The van der Waals surface area contributed by atoms with Crippen LogP contribution < -0.4 is 5.32 Å². The first kappa shape index (κ1) is 18.3. The van der Waals surface area contributed by atoms with E-state index in [0.29, 0.717) is 6.54 Å². The number of anilines is 1. The van der Waals surface area contributed by atoms with Crippen LogP contribution in [0.1, 0.15) is 13.3 Å². The van der Waals surface area contributed by atoms with Crippen molar-refractivity contribution in [3.8, 4) is 0 Å². The fraction of sp³-hybridized carbons (Fsp3) is 0.300. The van der Waals surface area contributed by atoms with Crippen molar-refractivity contribution in [2.24, 2.45) is 0 Å². The maximum Gasteiger partial charge on any atom is 0.219 e. The summed E-state index contributed by atoms with van der Waals surface area (Å²) in [7, 11) is 0. The molecule has 0 bridgehead atoms. The summed E-state index contributed by atoms with van der Waals surface area (Å²) in [5, 5.41) is 4.53. The van der Waals surface area contributed by atoms with Crippen LogP contribution in [0.4, 0.5) is 5.69 Å². The van der Waals surface area contributed by atoms with Gasteiger partial charge in [0.25, 0.3) is 0 Å². The zero-order chi connectivity index (χ0) is 18.2. The second kappa shape index (κ2) is 9.29. The first-order valence-electron chi connectivity index (χ1n) is 8.83. The standard InChI is InChI=1S/C20H24N4OS/c1-17(25)23(14-11-21-18-7-3-2-4-8-18)13-6-16-26-20-10-5-9-19-22-12-15-24(19)20/h2-5,7-10,12,15,21H,6,11,13-14,16H2,1H3. The number of pyridine rings is 1. The molecule has 1 aromatic carbocycles. The SMILES string of the molecule is CC(=O)N(CCCSc1cccc2nccn12)CCNc1ccccc1. The highest BCUT2D eigenvalue weighted by Crippen LogP contribution is 2.20. The Labute approximate surface area is 158 Å². The molecule has 3 rings (SSSR count). The molecule has 1 amide bonds. The molecule has 26 heavy (non-hydrogen) atoms. The molecule has 0 aliphatic carbocycles. The van der Waals surface area contributed by atoms with Gasteiger partial charge in [0, 0.05) is 50.4 Å². The molecule has 2 aromatic heterocycles. The van der Waals surface area contributed by atoms with E-state index in [0.717, 1.165) is 36.6 Å². The van der Waals surface area contributed by atoms with Gasteiger partial charge < -0.3 is 10.2 Å². The number of imidazole rings is 1. The molecule has 0 radical (unpaired) electrons. The van der Waals surface area contributed by atoms with Crippen LogP contribution in [-0.4, -0.2) is 45.6 Å². The molecule has 0 saturated heterocycles. The van der Waals surface area contributed by atoms with Crippen molar-refractivity contribution in [2.45, 2.75) is 18.4 Å². The van der Waals surface area contributed by atoms with Crippen LogP contribution in [0.25, 0.3) is 5.65 Å². The van der Waals surface area contributed by atoms with E-state index in [1.165, 1.54) is 5.03 Å². The lowest BCUT2D eigenvalue weighted by molar-refractivity contribution is -0.128. The number of thioether (sulfide) groups is 1. The molecule has 1 N–H and O–H groups in total. The predicted molar refractivity (Wildman–Crippen MR) is 108 cm³/mol. The van der Waals surface area contributed by atoms with Crippen molar-refractivity contribution in [2.75, 3.05) is 30.7 Å². The molecule has 0 saturated carbocycles. The minimum Gasteiger partial charge on any atom is -0.383 e. The molecule has 0 atom stereocenters. The van der Waals surface area contributed by atoms with Gasteiger partial charge in [-0.15, -0.1) is 11.8 Å². The van der Waals surface area contributed by atoms with Gasteiger partial charge in [0.2, 0.25) is 5.91 Å². The molecular weight excluding hydrogens is 344 g/mol. The quantitative estimate of drug-likeness (QED) is 0.461. The number of carbonyl (C=O) groups is 1. The molecule has 0 fully saturated rings. The fourth-order valence-electron chi connectivity index (χ4n) is 2.79. The van der Waals surface area contributed by atoms with Gasteiger partial charge in [-0.05, 0) is 30.7 Å². The maximum atomic E-state index is 11.9. The molecular formula is C20H24N4OS. The highest BCUT2D eigenvalue weighted by atomic mass is 32.2. The second-order valence-corrected chi connectivity index (χ2v) is 7.14. The van der Waals surface area contributed by atoms with E-state index in [9.17, 15) is 4.79 Å². The summed E-state index contributed by atoms with van der Waals surface area (Å²) in [4.78, 5) is 18.1. The Morgan fingerprint density at radius 3 is 2.81 bits per heavy atom. The molecule has 3 aromatic rings.